The Hall–Kier alpha value is -2.21. The van der Waals surface area contributed by atoms with E-state index in [1.54, 1.807) is 24.5 Å². The maximum Gasteiger partial charge on any atom is 0.231 e. The third-order valence-electron chi connectivity index (χ3n) is 3.37. The minimum atomic E-state index is 0.120. The second-order valence-corrected chi connectivity index (χ2v) is 4.65. The van der Waals surface area contributed by atoms with Crippen LogP contribution in [-0.2, 0) is 6.54 Å². The van der Waals surface area contributed by atoms with E-state index >= 15 is 0 Å². The molecule has 1 aliphatic heterocycles. The molecule has 0 radical (unpaired) electrons. The number of H-pyrrole nitrogens is 1. The molecule has 1 aliphatic rings. The molecule has 3 rings (SSSR count). The fourth-order valence-corrected chi connectivity index (χ4v) is 2.25. The molecule has 6 nitrogen and oxygen atoms in total. The molecule has 1 aromatic carbocycles. The highest BCUT2D eigenvalue weighted by molar-refractivity contribution is 5.51. The zero-order chi connectivity index (χ0) is 13.9. The molecule has 2 heterocycles. The molecule has 2 aromatic rings. The lowest BCUT2D eigenvalue weighted by molar-refractivity contribution is 0.174. The first-order valence-electron chi connectivity index (χ1n) is 6.62. The highest BCUT2D eigenvalue weighted by Gasteiger charge is 2.18. The normalized spacial score (nSPS) is 14.4. The Balaban J connectivity index is 1.72. The highest BCUT2D eigenvalue weighted by atomic mass is 16.7. The second-order valence-electron chi connectivity index (χ2n) is 4.65. The van der Waals surface area contributed by atoms with E-state index in [1.165, 1.54) is 0 Å². The van der Waals surface area contributed by atoms with Crippen LogP contribution < -0.4 is 14.8 Å². The number of nitrogens with one attached hydrogen (secondary N) is 2. The Kier molecular flexibility index (Phi) is 3.47. The van der Waals surface area contributed by atoms with Crippen LogP contribution in [0.1, 0.15) is 30.8 Å². The number of rotatable bonds is 5. The van der Waals surface area contributed by atoms with E-state index < -0.39 is 0 Å². The van der Waals surface area contributed by atoms with Crippen molar-refractivity contribution in [2.45, 2.75) is 25.9 Å². The van der Waals surface area contributed by atoms with Gasteiger partial charge in [0.2, 0.25) is 6.79 Å². The van der Waals surface area contributed by atoms with Gasteiger partial charge in [-0.3, -0.25) is 0 Å². The quantitative estimate of drug-likeness (QED) is 0.778. The standard InChI is InChI=1S/C14H17N3O3/c1-2-10(14-15-3-4-16-14)17-7-9-5-12-13(6-11(9)18)20-8-19-12/h3-6,10,17-18H,2,7-8H2,1H3,(H,15,16). The Morgan fingerprint density at radius 3 is 2.90 bits per heavy atom. The summed E-state index contributed by atoms with van der Waals surface area (Å²) in [5.41, 5.74) is 0.777. The molecule has 0 amide bonds. The lowest BCUT2D eigenvalue weighted by Crippen LogP contribution is -2.21. The van der Waals surface area contributed by atoms with E-state index in [-0.39, 0.29) is 18.6 Å². The average molecular weight is 275 g/mol. The molecule has 1 unspecified atom stereocenters. The molecule has 0 saturated carbocycles. The first kappa shape index (κ1) is 12.8. The molecular formula is C14H17N3O3. The molecule has 3 N–H and O–H groups in total. The molecule has 106 valence electrons. The maximum atomic E-state index is 9.99. The minimum Gasteiger partial charge on any atom is -0.507 e. The van der Waals surface area contributed by atoms with Gasteiger partial charge >= 0.3 is 0 Å². The predicted octanol–water partition coefficient (Wildman–Crippen LogP) is 2.08. The SMILES string of the molecule is CCC(NCc1cc2c(cc1O)OCO2)c1ncc[nH]1. The van der Waals surface area contributed by atoms with Gasteiger partial charge in [0.1, 0.15) is 11.6 Å². The molecule has 0 bridgehead atoms. The number of aromatic nitrogens is 2. The number of phenols is 1. The molecule has 0 fully saturated rings. The second kappa shape index (κ2) is 5.42. The largest absolute Gasteiger partial charge is 0.507 e. The van der Waals surface area contributed by atoms with E-state index in [2.05, 4.69) is 22.2 Å². The maximum absolute atomic E-state index is 9.99. The number of hydrogen-bond acceptors (Lipinski definition) is 5. The highest BCUT2D eigenvalue weighted by Crippen LogP contribution is 2.37. The summed E-state index contributed by atoms with van der Waals surface area (Å²) in [6.07, 6.45) is 4.44. The minimum absolute atomic E-state index is 0.120. The first-order chi connectivity index (χ1) is 9.78. The van der Waals surface area contributed by atoms with Gasteiger partial charge < -0.3 is 24.9 Å². The van der Waals surface area contributed by atoms with Crippen molar-refractivity contribution in [2.24, 2.45) is 0 Å². The number of nitrogens with zero attached hydrogens (tertiary/aromatic N) is 1. The summed E-state index contributed by atoms with van der Waals surface area (Å²) in [5, 5.41) is 13.4. The van der Waals surface area contributed by atoms with E-state index in [1.807, 2.05) is 0 Å². The number of phenolic OH excluding ortho intramolecular Hbond substituents is 1. The van der Waals surface area contributed by atoms with Gasteiger partial charge in [-0.15, -0.1) is 0 Å². The van der Waals surface area contributed by atoms with Crippen molar-refractivity contribution in [3.63, 3.8) is 0 Å². The van der Waals surface area contributed by atoms with Crippen LogP contribution in [0.5, 0.6) is 17.2 Å². The van der Waals surface area contributed by atoms with Crippen molar-refractivity contribution in [1.82, 2.24) is 15.3 Å². The summed E-state index contributed by atoms with van der Waals surface area (Å²) in [4.78, 5) is 7.35. The monoisotopic (exact) mass is 275 g/mol. The van der Waals surface area contributed by atoms with Crippen molar-refractivity contribution in [3.05, 3.63) is 35.9 Å². The molecule has 1 atom stereocenters. The Morgan fingerprint density at radius 2 is 2.20 bits per heavy atom. The molecule has 20 heavy (non-hydrogen) atoms. The summed E-state index contributed by atoms with van der Waals surface area (Å²) < 4.78 is 10.5. The van der Waals surface area contributed by atoms with Crippen LogP contribution in [-0.4, -0.2) is 21.9 Å². The Labute approximate surface area is 116 Å². The van der Waals surface area contributed by atoms with Crippen LogP contribution in [0.4, 0.5) is 0 Å². The van der Waals surface area contributed by atoms with Crippen molar-refractivity contribution in [1.29, 1.82) is 0 Å². The molecule has 6 heteroatoms. The van der Waals surface area contributed by atoms with Gasteiger partial charge in [0.25, 0.3) is 0 Å². The number of hydrogen-bond donors (Lipinski definition) is 3. The third-order valence-corrected chi connectivity index (χ3v) is 3.37. The number of aromatic amines is 1. The lowest BCUT2D eigenvalue weighted by Gasteiger charge is -2.15. The number of ether oxygens (including phenoxy) is 2. The molecule has 1 aromatic heterocycles. The average Bonchev–Trinajstić information content (AvgIpc) is 3.10. The van der Waals surface area contributed by atoms with Gasteiger partial charge in [0, 0.05) is 30.6 Å². The molecular weight excluding hydrogens is 258 g/mol. The van der Waals surface area contributed by atoms with Gasteiger partial charge in [-0.1, -0.05) is 6.92 Å². The van der Waals surface area contributed by atoms with Crippen LogP contribution in [0.15, 0.2) is 24.5 Å². The van der Waals surface area contributed by atoms with Gasteiger partial charge in [0.05, 0.1) is 6.04 Å². The lowest BCUT2D eigenvalue weighted by atomic mass is 10.1. The topological polar surface area (TPSA) is 79.4 Å². The fourth-order valence-electron chi connectivity index (χ4n) is 2.25. The summed E-state index contributed by atoms with van der Waals surface area (Å²) in [6, 6.07) is 3.52. The van der Waals surface area contributed by atoms with E-state index in [4.69, 9.17) is 9.47 Å². The van der Waals surface area contributed by atoms with E-state index in [9.17, 15) is 5.11 Å². The fraction of sp³-hybridized carbons (Fsp3) is 0.357. The predicted molar refractivity (Wildman–Crippen MR) is 72.7 cm³/mol. The number of imidazole rings is 1. The van der Waals surface area contributed by atoms with Crippen LogP contribution in [0.3, 0.4) is 0 Å². The Bertz CT molecular complexity index is 584. The van der Waals surface area contributed by atoms with E-state index in [0.29, 0.717) is 18.0 Å². The summed E-state index contributed by atoms with van der Waals surface area (Å²) in [5.74, 6) is 2.36. The Morgan fingerprint density at radius 1 is 1.40 bits per heavy atom. The smallest absolute Gasteiger partial charge is 0.231 e. The number of aromatic hydroxyl groups is 1. The van der Waals surface area contributed by atoms with Crippen LogP contribution in [0.2, 0.25) is 0 Å². The van der Waals surface area contributed by atoms with Crippen molar-refractivity contribution < 1.29 is 14.6 Å². The van der Waals surface area contributed by atoms with Crippen molar-refractivity contribution >= 4 is 0 Å². The van der Waals surface area contributed by atoms with Gasteiger partial charge in [-0.2, -0.15) is 0 Å². The van der Waals surface area contributed by atoms with Crippen LogP contribution >= 0.6 is 0 Å². The first-order valence-corrected chi connectivity index (χ1v) is 6.62. The van der Waals surface area contributed by atoms with Gasteiger partial charge in [-0.25, -0.2) is 4.98 Å². The van der Waals surface area contributed by atoms with Crippen molar-refractivity contribution in [3.8, 4) is 17.2 Å². The molecule has 0 saturated heterocycles. The zero-order valence-electron chi connectivity index (χ0n) is 11.2. The number of fused-ring (bicyclic) bond motifs is 1. The van der Waals surface area contributed by atoms with Gasteiger partial charge in [0.15, 0.2) is 11.5 Å². The molecule has 0 aliphatic carbocycles. The summed E-state index contributed by atoms with van der Waals surface area (Å²) >= 11 is 0. The number of benzene rings is 1. The van der Waals surface area contributed by atoms with Crippen LogP contribution in [0, 0.1) is 0 Å². The zero-order valence-corrected chi connectivity index (χ0v) is 11.2. The third kappa shape index (κ3) is 2.42. The van der Waals surface area contributed by atoms with Gasteiger partial charge in [-0.05, 0) is 12.5 Å². The molecule has 0 spiro atoms. The van der Waals surface area contributed by atoms with Crippen LogP contribution in [0.25, 0.3) is 0 Å². The summed E-state index contributed by atoms with van der Waals surface area (Å²) in [7, 11) is 0. The van der Waals surface area contributed by atoms with E-state index in [0.717, 1.165) is 17.8 Å². The van der Waals surface area contributed by atoms with Crippen molar-refractivity contribution in [2.75, 3.05) is 6.79 Å². The summed E-state index contributed by atoms with van der Waals surface area (Å²) in [6.45, 7) is 2.82.